The lowest BCUT2D eigenvalue weighted by Crippen LogP contribution is -2.24. The minimum Gasteiger partial charge on any atom is -0.347 e. The van der Waals surface area contributed by atoms with Crippen molar-refractivity contribution in [2.75, 3.05) is 5.75 Å². The third-order valence-electron chi connectivity index (χ3n) is 2.88. The summed E-state index contributed by atoms with van der Waals surface area (Å²) < 4.78 is 0. The molecule has 0 aliphatic rings. The molecule has 0 radical (unpaired) electrons. The van der Waals surface area contributed by atoms with E-state index in [9.17, 15) is 4.79 Å². The highest BCUT2D eigenvalue weighted by atomic mass is 32.2. The van der Waals surface area contributed by atoms with Crippen LogP contribution in [0.3, 0.4) is 0 Å². The highest BCUT2D eigenvalue weighted by molar-refractivity contribution is 7.99. The molecule has 0 saturated heterocycles. The number of carbonyl (C=O) groups is 1. The van der Waals surface area contributed by atoms with Crippen molar-refractivity contribution in [3.05, 3.63) is 52.8 Å². The molecule has 0 aliphatic carbocycles. The average molecular weight is 301 g/mol. The molecule has 1 heterocycles. The quantitative estimate of drug-likeness (QED) is 0.681. The summed E-state index contributed by atoms with van der Waals surface area (Å²) in [4.78, 5) is 20.8. The standard InChI is InChI=1S/C16H19N3OS/c1-4-21-16-18-12(3)9-14(19-16)15(20)17-10-13-7-5-6-11(2)8-13/h5-9H,4,10H2,1-3H3,(H,17,20). The molecule has 2 aromatic rings. The van der Waals surface area contributed by atoms with Crippen LogP contribution in [-0.2, 0) is 6.54 Å². The van der Waals surface area contributed by atoms with E-state index in [-0.39, 0.29) is 5.91 Å². The molecule has 0 unspecified atom stereocenters. The van der Waals surface area contributed by atoms with Gasteiger partial charge in [0.15, 0.2) is 5.16 Å². The minimum atomic E-state index is -0.167. The molecular formula is C16H19N3OS. The van der Waals surface area contributed by atoms with Crippen molar-refractivity contribution in [1.29, 1.82) is 0 Å². The molecule has 0 aliphatic heterocycles. The number of nitrogens with zero attached hydrogens (tertiary/aromatic N) is 2. The summed E-state index contributed by atoms with van der Waals surface area (Å²) in [5.41, 5.74) is 3.49. The van der Waals surface area contributed by atoms with E-state index in [1.54, 1.807) is 6.07 Å². The molecule has 1 amide bonds. The van der Waals surface area contributed by atoms with E-state index >= 15 is 0 Å². The Bertz CT molecular complexity index is 643. The van der Waals surface area contributed by atoms with Crippen LogP contribution in [0.15, 0.2) is 35.5 Å². The molecule has 1 aromatic heterocycles. The molecule has 5 heteroatoms. The van der Waals surface area contributed by atoms with E-state index < -0.39 is 0 Å². The van der Waals surface area contributed by atoms with E-state index in [1.807, 2.05) is 39.0 Å². The molecule has 0 saturated carbocycles. The number of amides is 1. The van der Waals surface area contributed by atoms with E-state index in [0.717, 1.165) is 17.0 Å². The maximum absolute atomic E-state index is 12.2. The number of benzene rings is 1. The fourth-order valence-electron chi connectivity index (χ4n) is 1.95. The highest BCUT2D eigenvalue weighted by Gasteiger charge is 2.10. The predicted molar refractivity (Wildman–Crippen MR) is 85.5 cm³/mol. The molecule has 0 atom stereocenters. The topological polar surface area (TPSA) is 54.9 Å². The molecule has 0 fully saturated rings. The Morgan fingerprint density at radius 3 is 2.76 bits per heavy atom. The van der Waals surface area contributed by atoms with Crippen LogP contribution < -0.4 is 5.32 Å². The number of rotatable bonds is 5. The minimum absolute atomic E-state index is 0.167. The Kier molecular flexibility index (Phi) is 5.33. The Morgan fingerprint density at radius 1 is 1.24 bits per heavy atom. The zero-order valence-corrected chi connectivity index (χ0v) is 13.3. The number of carbonyl (C=O) groups excluding carboxylic acids is 1. The zero-order valence-electron chi connectivity index (χ0n) is 12.5. The number of hydrogen-bond acceptors (Lipinski definition) is 4. The van der Waals surface area contributed by atoms with Crippen molar-refractivity contribution >= 4 is 17.7 Å². The SMILES string of the molecule is CCSc1nc(C)cc(C(=O)NCc2cccc(C)c2)n1. The van der Waals surface area contributed by atoms with Gasteiger partial charge in [-0.15, -0.1) is 0 Å². The predicted octanol–water partition coefficient (Wildman–Crippen LogP) is 3.14. The van der Waals surface area contributed by atoms with Crippen molar-refractivity contribution in [3.8, 4) is 0 Å². The third kappa shape index (κ3) is 4.56. The molecule has 0 spiro atoms. The second-order valence-corrected chi connectivity index (χ2v) is 6.01. The van der Waals surface area contributed by atoms with Gasteiger partial charge in [0, 0.05) is 12.2 Å². The Hall–Kier alpha value is -1.88. The first kappa shape index (κ1) is 15.5. The lowest BCUT2D eigenvalue weighted by atomic mass is 10.1. The van der Waals surface area contributed by atoms with Crippen molar-refractivity contribution < 1.29 is 4.79 Å². The number of aromatic nitrogens is 2. The zero-order chi connectivity index (χ0) is 15.2. The van der Waals surface area contributed by atoms with Gasteiger partial charge >= 0.3 is 0 Å². The molecular weight excluding hydrogens is 282 g/mol. The summed E-state index contributed by atoms with van der Waals surface area (Å²) in [6, 6.07) is 9.79. The van der Waals surface area contributed by atoms with Gasteiger partial charge in [0.1, 0.15) is 5.69 Å². The highest BCUT2D eigenvalue weighted by Crippen LogP contribution is 2.13. The summed E-state index contributed by atoms with van der Waals surface area (Å²) in [7, 11) is 0. The van der Waals surface area contributed by atoms with Crippen LogP contribution in [0.4, 0.5) is 0 Å². The summed E-state index contributed by atoms with van der Waals surface area (Å²) >= 11 is 1.54. The third-order valence-corrected chi connectivity index (χ3v) is 3.60. The second kappa shape index (κ2) is 7.22. The number of nitrogens with one attached hydrogen (secondary N) is 1. The van der Waals surface area contributed by atoms with Gasteiger partial charge in [-0.3, -0.25) is 4.79 Å². The summed E-state index contributed by atoms with van der Waals surface area (Å²) in [6.45, 7) is 6.44. The molecule has 21 heavy (non-hydrogen) atoms. The van der Waals surface area contributed by atoms with Crippen molar-refractivity contribution in [3.63, 3.8) is 0 Å². The van der Waals surface area contributed by atoms with Crippen molar-refractivity contribution in [1.82, 2.24) is 15.3 Å². The fourth-order valence-corrected chi connectivity index (χ4v) is 2.58. The molecule has 2 rings (SSSR count). The van der Waals surface area contributed by atoms with Crippen LogP contribution in [0, 0.1) is 13.8 Å². The molecule has 0 bridgehead atoms. The summed E-state index contributed by atoms with van der Waals surface area (Å²) in [5.74, 6) is 0.716. The van der Waals surface area contributed by atoms with E-state index in [1.165, 1.54) is 17.3 Å². The smallest absolute Gasteiger partial charge is 0.270 e. The van der Waals surface area contributed by atoms with Crippen LogP contribution >= 0.6 is 11.8 Å². The monoisotopic (exact) mass is 301 g/mol. The number of thioether (sulfide) groups is 1. The van der Waals surface area contributed by atoms with Gasteiger partial charge in [-0.2, -0.15) is 0 Å². The van der Waals surface area contributed by atoms with Crippen LogP contribution in [-0.4, -0.2) is 21.6 Å². The normalized spacial score (nSPS) is 10.4. The number of hydrogen-bond donors (Lipinski definition) is 1. The van der Waals surface area contributed by atoms with Crippen LogP contribution in [0.1, 0.15) is 34.2 Å². The van der Waals surface area contributed by atoms with Crippen LogP contribution in [0.25, 0.3) is 0 Å². The average Bonchev–Trinajstić information content (AvgIpc) is 2.44. The fraction of sp³-hybridized carbons (Fsp3) is 0.312. The Labute approximate surface area is 129 Å². The molecule has 1 N–H and O–H groups in total. The van der Waals surface area contributed by atoms with Gasteiger partial charge in [-0.05, 0) is 31.2 Å². The maximum Gasteiger partial charge on any atom is 0.270 e. The van der Waals surface area contributed by atoms with Gasteiger partial charge in [0.25, 0.3) is 5.91 Å². The summed E-state index contributed by atoms with van der Waals surface area (Å²) in [6.07, 6.45) is 0. The van der Waals surface area contributed by atoms with Gasteiger partial charge in [0.2, 0.25) is 0 Å². The lowest BCUT2D eigenvalue weighted by Gasteiger charge is -2.07. The van der Waals surface area contributed by atoms with E-state index in [4.69, 9.17) is 0 Å². The second-order valence-electron chi connectivity index (χ2n) is 4.78. The molecule has 1 aromatic carbocycles. The van der Waals surface area contributed by atoms with Gasteiger partial charge in [-0.25, -0.2) is 9.97 Å². The Balaban J connectivity index is 2.06. The molecule has 4 nitrogen and oxygen atoms in total. The maximum atomic E-state index is 12.2. The molecule has 110 valence electrons. The van der Waals surface area contributed by atoms with Crippen molar-refractivity contribution in [2.45, 2.75) is 32.5 Å². The van der Waals surface area contributed by atoms with Crippen molar-refractivity contribution in [2.24, 2.45) is 0 Å². The van der Waals surface area contributed by atoms with E-state index in [0.29, 0.717) is 17.4 Å². The van der Waals surface area contributed by atoms with E-state index in [2.05, 4.69) is 21.4 Å². The van der Waals surface area contributed by atoms with Gasteiger partial charge < -0.3 is 5.32 Å². The first-order valence-electron chi connectivity index (χ1n) is 6.90. The summed E-state index contributed by atoms with van der Waals surface area (Å²) in [5, 5.41) is 3.55. The first-order chi connectivity index (χ1) is 10.1. The van der Waals surface area contributed by atoms with Crippen LogP contribution in [0.2, 0.25) is 0 Å². The van der Waals surface area contributed by atoms with Crippen LogP contribution in [0.5, 0.6) is 0 Å². The largest absolute Gasteiger partial charge is 0.347 e. The van der Waals surface area contributed by atoms with Gasteiger partial charge in [0.05, 0.1) is 0 Å². The Morgan fingerprint density at radius 2 is 2.05 bits per heavy atom. The number of aryl methyl sites for hydroxylation is 2. The first-order valence-corrected chi connectivity index (χ1v) is 7.89. The van der Waals surface area contributed by atoms with Gasteiger partial charge in [-0.1, -0.05) is 48.5 Å². The lowest BCUT2D eigenvalue weighted by molar-refractivity contribution is 0.0945.